The lowest BCUT2D eigenvalue weighted by atomic mass is 10.1. The van der Waals surface area contributed by atoms with Gasteiger partial charge in [-0.25, -0.2) is 4.79 Å². The van der Waals surface area contributed by atoms with Crippen molar-refractivity contribution in [2.24, 2.45) is 0 Å². The van der Waals surface area contributed by atoms with Crippen LogP contribution in [0.4, 0.5) is 4.79 Å². The molecule has 0 fully saturated rings. The Hall–Kier alpha value is -2.73. The zero-order valence-electron chi connectivity index (χ0n) is 12.7. The highest BCUT2D eigenvalue weighted by molar-refractivity contribution is 5.67. The van der Waals surface area contributed by atoms with Crippen LogP contribution >= 0.6 is 0 Å². The molecule has 0 bridgehead atoms. The summed E-state index contributed by atoms with van der Waals surface area (Å²) < 4.78 is 10.2. The van der Waals surface area contributed by atoms with Crippen molar-refractivity contribution in [1.29, 1.82) is 0 Å². The van der Waals surface area contributed by atoms with Gasteiger partial charge in [-0.05, 0) is 17.7 Å². The first-order valence-electron chi connectivity index (χ1n) is 7.09. The number of nitrogens with one attached hydrogen (secondary N) is 1. The summed E-state index contributed by atoms with van der Waals surface area (Å²) in [5.74, 6) is 0.380. The van der Waals surface area contributed by atoms with Gasteiger partial charge in [0.25, 0.3) is 0 Å². The molecule has 2 aromatic carbocycles. The second-order valence-corrected chi connectivity index (χ2v) is 4.88. The molecule has 3 N–H and O–H groups in total. The van der Waals surface area contributed by atoms with Crippen molar-refractivity contribution in [3.63, 3.8) is 0 Å². The van der Waals surface area contributed by atoms with Crippen molar-refractivity contribution in [2.75, 3.05) is 13.7 Å². The van der Waals surface area contributed by atoms with Crippen molar-refractivity contribution in [3.8, 4) is 11.5 Å². The van der Waals surface area contributed by atoms with Gasteiger partial charge in [-0.1, -0.05) is 30.3 Å². The molecular weight excluding hydrogens is 298 g/mol. The van der Waals surface area contributed by atoms with E-state index in [1.807, 2.05) is 30.3 Å². The molecule has 0 aliphatic rings. The number of carbonyl (C=O) groups excluding carboxylic acids is 1. The molecule has 122 valence electrons. The Morgan fingerprint density at radius 3 is 2.65 bits per heavy atom. The van der Waals surface area contributed by atoms with Crippen LogP contribution in [0.2, 0.25) is 0 Å². The summed E-state index contributed by atoms with van der Waals surface area (Å²) in [6, 6.07) is 13.7. The van der Waals surface area contributed by atoms with Gasteiger partial charge in [0.2, 0.25) is 0 Å². The van der Waals surface area contributed by atoms with Gasteiger partial charge in [0.1, 0.15) is 18.1 Å². The first-order valence-corrected chi connectivity index (χ1v) is 7.09. The number of carbonyl (C=O) groups is 1. The Labute approximate surface area is 134 Å². The second kappa shape index (κ2) is 8.05. The quantitative estimate of drug-likeness (QED) is 0.761. The molecule has 0 unspecified atom stereocenters. The molecule has 0 heterocycles. The van der Waals surface area contributed by atoms with E-state index in [2.05, 4.69) is 5.32 Å². The van der Waals surface area contributed by atoms with Gasteiger partial charge in [0, 0.05) is 11.6 Å². The summed E-state index contributed by atoms with van der Waals surface area (Å²) in [5, 5.41) is 22.0. The number of phenolic OH excluding ortho intramolecular Hbond substituents is 1. The van der Waals surface area contributed by atoms with Crippen LogP contribution in [-0.4, -0.2) is 30.0 Å². The molecule has 6 nitrogen and oxygen atoms in total. The highest BCUT2D eigenvalue weighted by atomic mass is 16.5. The van der Waals surface area contributed by atoms with E-state index in [0.29, 0.717) is 11.3 Å². The smallest absolute Gasteiger partial charge is 0.407 e. The topological polar surface area (TPSA) is 88.0 Å². The van der Waals surface area contributed by atoms with Crippen LogP contribution in [0.25, 0.3) is 0 Å². The Balaban J connectivity index is 1.84. The normalized spacial score (nSPS) is 11.6. The summed E-state index contributed by atoms with van der Waals surface area (Å²) in [4.78, 5) is 11.6. The molecule has 0 spiro atoms. The van der Waals surface area contributed by atoms with Gasteiger partial charge in [0.15, 0.2) is 0 Å². The highest BCUT2D eigenvalue weighted by Gasteiger charge is 2.15. The molecule has 2 aromatic rings. The maximum Gasteiger partial charge on any atom is 0.407 e. The lowest BCUT2D eigenvalue weighted by Gasteiger charge is -2.15. The Morgan fingerprint density at radius 1 is 1.22 bits per heavy atom. The Morgan fingerprint density at radius 2 is 1.96 bits per heavy atom. The maximum absolute atomic E-state index is 11.6. The van der Waals surface area contributed by atoms with Gasteiger partial charge >= 0.3 is 6.09 Å². The molecule has 1 amide bonds. The fourth-order valence-corrected chi connectivity index (χ4v) is 2.04. The number of rotatable bonds is 6. The predicted octanol–water partition coefficient (Wildman–Crippen LogP) is 2.36. The molecule has 0 saturated heterocycles. The van der Waals surface area contributed by atoms with Crippen LogP contribution in [0, 0.1) is 0 Å². The summed E-state index contributed by atoms with van der Waals surface area (Å²) >= 11 is 0. The number of phenols is 1. The number of hydrogen-bond donors (Lipinski definition) is 3. The minimum absolute atomic E-state index is 0.0330. The maximum atomic E-state index is 11.6. The Kier molecular flexibility index (Phi) is 5.82. The molecule has 23 heavy (non-hydrogen) atoms. The minimum Gasteiger partial charge on any atom is -0.508 e. The first-order chi connectivity index (χ1) is 11.1. The fraction of sp³-hybridized carbons (Fsp3) is 0.235. The van der Waals surface area contributed by atoms with E-state index in [-0.39, 0.29) is 18.9 Å². The number of aliphatic hydroxyl groups excluding tert-OH is 1. The third-order valence-electron chi connectivity index (χ3n) is 3.23. The van der Waals surface area contributed by atoms with E-state index < -0.39 is 12.2 Å². The number of methoxy groups -OCH3 is 1. The van der Waals surface area contributed by atoms with Gasteiger partial charge in [-0.2, -0.15) is 0 Å². The third-order valence-corrected chi connectivity index (χ3v) is 3.23. The number of aromatic hydroxyl groups is 1. The van der Waals surface area contributed by atoms with Crippen LogP contribution < -0.4 is 10.1 Å². The van der Waals surface area contributed by atoms with Crippen LogP contribution in [0.3, 0.4) is 0 Å². The number of benzene rings is 2. The average Bonchev–Trinajstić information content (AvgIpc) is 2.58. The standard InChI is InChI=1S/C17H19NO5/c1-22-16-9-13(19)7-8-14(16)15(20)10-18-17(21)23-11-12-5-3-2-4-6-12/h2-9,15,19-20H,10-11H2,1H3,(H,18,21)/t15-/m1/s1. The molecule has 0 aliphatic heterocycles. The van der Waals surface area contributed by atoms with E-state index in [4.69, 9.17) is 9.47 Å². The lowest BCUT2D eigenvalue weighted by Crippen LogP contribution is -2.29. The number of amides is 1. The molecule has 2 rings (SSSR count). The number of alkyl carbamates (subject to hydrolysis) is 1. The van der Waals surface area contributed by atoms with E-state index in [1.165, 1.54) is 25.3 Å². The van der Waals surface area contributed by atoms with Crippen molar-refractivity contribution >= 4 is 6.09 Å². The monoisotopic (exact) mass is 317 g/mol. The fourth-order valence-electron chi connectivity index (χ4n) is 2.04. The highest BCUT2D eigenvalue weighted by Crippen LogP contribution is 2.28. The lowest BCUT2D eigenvalue weighted by molar-refractivity contribution is 0.125. The van der Waals surface area contributed by atoms with Crippen LogP contribution in [0.1, 0.15) is 17.2 Å². The molecule has 0 radical (unpaired) electrons. The SMILES string of the molecule is COc1cc(O)ccc1[C@H](O)CNC(=O)OCc1ccccc1. The van der Waals surface area contributed by atoms with Crippen LogP contribution in [0.5, 0.6) is 11.5 Å². The summed E-state index contributed by atoms with van der Waals surface area (Å²) in [6.07, 6.45) is -1.60. The van der Waals surface area contributed by atoms with Crippen molar-refractivity contribution in [2.45, 2.75) is 12.7 Å². The van der Waals surface area contributed by atoms with Crippen molar-refractivity contribution in [1.82, 2.24) is 5.32 Å². The summed E-state index contributed by atoms with van der Waals surface area (Å²) in [7, 11) is 1.44. The number of hydrogen-bond acceptors (Lipinski definition) is 5. The van der Waals surface area contributed by atoms with Gasteiger partial charge in [0.05, 0.1) is 19.8 Å². The van der Waals surface area contributed by atoms with Gasteiger partial charge in [-0.3, -0.25) is 0 Å². The molecule has 1 atom stereocenters. The minimum atomic E-state index is -0.977. The van der Waals surface area contributed by atoms with E-state index in [9.17, 15) is 15.0 Å². The molecule has 0 aliphatic carbocycles. The zero-order valence-corrected chi connectivity index (χ0v) is 12.7. The second-order valence-electron chi connectivity index (χ2n) is 4.88. The van der Waals surface area contributed by atoms with E-state index in [1.54, 1.807) is 0 Å². The predicted molar refractivity (Wildman–Crippen MR) is 84.2 cm³/mol. The third kappa shape index (κ3) is 4.89. The number of ether oxygens (including phenoxy) is 2. The molecule has 0 aromatic heterocycles. The Bertz CT molecular complexity index is 645. The van der Waals surface area contributed by atoms with E-state index in [0.717, 1.165) is 5.56 Å². The van der Waals surface area contributed by atoms with Gasteiger partial charge < -0.3 is 25.0 Å². The molecule has 0 saturated carbocycles. The summed E-state index contributed by atoms with van der Waals surface area (Å²) in [5.41, 5.74) is 1.34. The largest absolute Gasteiger partial charge is 0.508 e. The zero-order chi connectivity index (χ0) is 16.7. The van der Waals surface area contributed by atoms with Crippen LogP contribution in [-0.2, 0) is 11.3 Å². The average molecular weight is 317 g/mol. The number of aliphatic hydroxyl groups is 1. The first kappa shape index (κ1) is 16.6. The van der Waals surface area contributed by atoms with Crippen molar-refractivity contribution in [3.05, 3.63) is 59.7 Å². The molecule has 6 heteroatoms. The van der Waals surface area contributed by atoms with Gasteiger partial charge in [-0.15, -0.1) is 0 Å². The van der Waals surface area contributed by atoms with Crippen LogP contribution in [0.15, 0.2) is 48.5 Å². The molecular formula is C17H19NO5. The van der Waals surface area contributed by atoms with Crippen molar-refractivity contribution < 1.29 is 24.5 Å². The summed E-state index contributed by atoms with van der Waals surface area (Å²) in [6.45, 7) is 0.125. The van der Waals surface area contributed by atoms with E-state index >= 15 is 0 Å².